The molecule has 0 saturated carbocycles. The third-order valence-electron chi connectivity index (χ3n) is 0.171. The summed E-state index contributed by atoms with van der Waals surface area (Å²) in [5.74, 6) is 0. The Morgan fingerprint density at radius 2 is 1.43 bits per heavy atom. The standard InChI is InChI=1S/CH2N2O4/c4-2(5)1-3(6)7/h(H,4,5)(H,6,7). The van der Waals surface area contributed by atoms with Gasteiger partial charge in [0.2, 0.25) is 0 Å². The Morgan fingerprint density at radius 3 is 1.43 bits per heavy atom. The van der Waals surface area contributed by atoms with Gasteiger partial charge in [0.15, 0.2) is 9.80 Å². The molecule has 0 radical (unpaired) electrons. The molecule has 0 amide bonds. The first-order chi connectivity index (χ1) is 3.13. The SMILES string of the molecule is [O-][N+](O)=C=[N+]([O-])O. The predicted octanol–water partition coefficient (Wildman–Crippen LogP) is -1.04. The van der Waals surface area contributed by atoms with Crippen LogP contribution in [0.2, 0.25) is 0 Å². The third-order valence-corrected chi connectivity index (χ3v) is 0.171. The van der Waals surface area contributed by atoms with E-state index in [4.69, 9.17) is 10.4 Å². The fourth-order valence-corrected chi connectivity index (χ4v) is 0.0732. The zero-order valence-corrected chi connectivity index (χ0v) is 3.11. The normalized spacial score (nSPS) is 6.86. The molecule has 0 aromatic carbocycles. The topological polar surface area (TPSA) is 92.6 Å². The molecule has 0 aliphatic rings. The molecule has 0 aromatic rings. The number of hydrogen-bond acceptors (Lipinski definition) is 4. The van der Waals surface area contributed by atoms with Gasteiger partial charge in [0.1, 0.15) is 0 Å². The first-order valence-electron chi connectivity index (χ1n) is 1.21. The Morgan fingerprint density at radius 1 is 1.14 bits per heavy atom. The van der Waals surface area contributed by atoms with Gasteiger partial charge in [-0.3, -0.25) is 0 Å². The van der Waals surface area contributed by atoms with E-state index < -0.39 is 9.80 Å². The Balaban J connectivity index is 4.13. The van der Waals surface area contributed by atoms with Crippen molar-refractivity contribution in [1.82, 2.24) is 0 Å². The maximum absolute atomic E-state index is 9.21. The first-order valence-corrected chi connectivity index (χ1v) is 1.21. The van der Waals surface area contributed by atoms with Crippen molar-refractivity contribution in [3.05, 3.63) is 10.4 Å². The van der Waals surface area contributed by atoms with Gasteiger partial charge in [-0.1, -0.05) is 0 Å². The summed E-state index contributed by atoms with van der Waals surface area (Å²) in [7, 11) is 0. The fraction of sp³-hybridized carbons (Fsp3) is 0. The minimum absolute atomic E-state index is 0.938. The minimum Gasteiger partial charge on any atom is -0.405 e. The van der Waals surface area contributed by atoms with Crippen LogP contribution in [0.3, 0.4) is 0 Å². The average Bonchev–Trinajstić information content (AvgIpc) is 1.27. The molecule has 40 valence electrons. The predicted molar refractivity (Wildman–Crippen MR) is 15.8 cm³/mol. The van der Waals surface area contributed by atoms with Gasteiger partial charge in [-0.05, 0) is 0 Å². The van der Waals surface area contributed by atoms with Crippen LogP contribution in [0.4, 0.5) is 0 Å². The van der Waals surface area contributed by atoms with Crippen LogP contribution < -0.4 is 0 Å². The molecule has 0 aliphatic carbocycles. The quantitative estimate of drug-likeness (QED) is 0.178. The van der Waals surface area contributed by atoms with Gasteiger partial charge in [-0.2, -0.15) is 0 Å². The summed E-state index contributed by atoms with van der Waals surface area (Å²) >= 11 is 0. The Labute approximate surface area is 37.9 Å². The highest BCUT2D eigenvalue weighted by molar-refractivity contribution is 5.24. The van der Waals surface area contributed by atoms with Crippen LogP contribution in [0.5, 0.6) is 0 Å². The monoisotopic (exact) mass is 106 g/mol. The average molecular weight is 106 g/mol. The van der Waals surface area contributed by atoms with Crippen molar-refractivity contribution in [2.45, 2.75) is 0 Å². The Bertz CT molecular complexity index is 102. The van der Waals surface area contributed by atoms with E-state index in [0.29, 0.717) is 0 Å². The highest BCUT2D eigenvalue weighted by atomic mass is 16.8. The summed E-state index contributed by atoms with van der Waals surface area (Å²) in [6, 6.07) is 0.972. The van der Waals surface area contributed by atoms with Crippen LogP contribution in [0, 0.1) is 10.4 Å². The van der Waals surface area contributed by atoms with Crippen LogP contribution in [0.1, 0.15) is 0 Å². The van der Waals surface area contributed by atoms with E-state index in [2.05, 4.69) is 0 Å². The largest absolute Gasteiger partial charge is 0.615 e. The lowest BCUT2D eigenvalue weighted by Gasteiger charge is -1.71. The van der Waals surface area contributed by atoms with Crippen molar-refractivity contribution in [3.8, 4) is 0 Å². The van der Waals surface area contributed by atoms with Gasteiger partial charge >= 0.3 is 6.01 Å². The molecule has 6 heteroatoms. The van der Waals surface area contributed by atoms with E-state index >= 15 is 0 Å². The van der Waals surface area contributed by atoms with Crippen molar-refractivity contribution < 1.29 is 20.2 Å². The summed E-state index contributed by atoms with van der Waals surface area (Å²) in [5.41, 5.74) is 0. The van der Waals surface area contributed by atoms with E-state index in [1.165, 1.54) is 0 Å². The third kappa shape index (κ3) is 4.58. The maximum Gasteiger partial charge on any atom is 0.615 e. The lowest BCUT2D eigenvalue weighted by molar-refractivity contribution is -0.778. The molecule has 0 spiro atoms. The van der Waals surface area contributed by atoms with Crippen LogP contribution in [0.15, 0.2) is 0 Å². The van der Waals surface area contributed by atoms with Gasteiger partial charge in [-0.25, -0.2) is 10.4 Å². The van der Waals surface area contributed by atoms with Crippen LogP contribution in [-0.4, -0.2) is 26.2 Å². The molecular formula is CH2N2O4. The van der Waals surface area contributed by atoms with Gasteiger partial charge in [0.25, 0.3) is 0 Å². The lowest BCUT2D eigenvalue weighted by atomic mass is 11.5. The minimum atomic E-state index is -0.938. The molecule has 0 atom stereocenters. The molecule has 0 aromatic heterocycles. The Hall–Kier alpha value is -1.42. The van der Waals surface area contributed by atoms with Crippen LogP contribution >= 0.6 is 0 Å². The van der Waals surface area contributed by atoms with Crippen molar-refractivity contribution in [3.63, 3.8) is 0 Å². The second kappa shape index (κ2) is 1.89. The van der Waals surface area contributed by atoms with Crippen molar-refractivity contribution in [2.75, 3.05) is 0 Å². The summed E-state index contributed by atoms with van der Waals surface area (Å²) in [5, 5.41) is 33.4. The second-order valence-corrected chi connectivity index (χ2v) is 0.646. The number of nitrogens with zero attached hydrogens (tertiary/aromatic N) is 2. The molecule has 0 aliphatic heterocycles. The fourth-order valence-electron chi connectivity index (χ4n) is 0.0732. The number of rotatable bonds is 0. The zero-order chi connectivity index (χ0) is 5.86. The zero-order valence-electron chi connectivity index (χ0n) is 3.11. The van der Waals surface area contributed by atoms with Gasteiger partial charge in [0, 0.05) is 0 Å². The lowest BCUT2D eigenvalue weighted by Crippen LogP contribution is -2.00. The molecule has 0 heterocycles. The van der Waals surface area contributed by atoms with Crippen LogP contribution in [0.25, 0.3) is 0 Å². The summed E-state index contributed by atoms with van der Waals surface area (Å²) in [6.45, 7) is 0. The van der Waals surface area contributed by atoms with E-state index in [1.807, 2.05) is 0 Å². The molecule has 0 saturated heterocycles. The highest BCUT2D eigenvalue weighted by Crippen LogP contribution is 1.49. The van der Waals surface area contributed by atoms with Crippen molar-refractivity contribution in [1.29, 1.82) is 0 Å². The molecule has 7 heavy (non-hydrogen) atoms. The molecule has 0 rings (SSSR count). The second-order valence-electron chi connectivity index (χ2n) is 0.646. The molecule has 0 fully saturated rings. The van der Waals surface area contributed by atoms with Gasteiger partial charge in [0.05, 0.1) is 0 Å². The summed E-state index contributed by atoms with van der Waals surface area (Å²) in [6.07, 6.45) is 0. The van der Waals surface area contributed by atoms with Crippen molar-refractivity contribution in [2.24, 2.45) is 0 Å². The van der Waals surface area contributed by atoms with Gasteiger partial charge < -0.3 is 10.4 Å². The molecule has 0 unspecified atom stereocenters. The molecule has 2 N–H and O–H groups in total. The van der Waals surface area contributed by atoms with Crippen LogP contribution in [-0.2, 0) is 0 Å². The van der Waals surface area contributed by atoms with E-state index in [9.17, 15) is 10.4 Å². The number of hydrogen-bond donors (Lipinski definition) is 2. The van der Waals surface area contributed by atoms with E-state index in [0.717, 1.165) is 6.01 Å². The maximum atomic E-state index is 9.21. The Kier molecular flexibility index (Phi) is 1.50. The smallest absolute Gasteiger partial charge is 0.405 e. The molecule has 6 nitrogen and oxygen atoms in total. The van der Waals surface area contributed by atoms with Gasteiger partial charge in [-0.15, -0.1) is 0 Å². The van der Waals surface area contributed by atoms with Crippen molar-refractivity contribution >= 4 is 6.01 Å². The van der Waals surface area contributed by atoms with E-state index in [-0.39, 0.29) is 0 Å². The van der Waals surface area contributed by atoms with E-state index in [1.54, 1.807) is 0 Å². The molecular weight excluding hydrogens is 104 g/mol. The molecule has 0 bridgehead atoms. The highest BCUT2D eigenvalue weighted by Gasteiger charge is 1.87. The summed E-state index contributed by atoms with van der Waals surface area (Å²) < 4.78 is 0. The first kappa shape index (κ1) is 5.58. The summed E-state index contributed by atoms with van der Waals surface area (Å²) in [4.78, 5) is -1.88.